The van der Waals surface area contributed by atoms with Crippen molar-refractivity contribution in [1.29, 1.82) is 0 Å². The normalized spacial score (nSPS) is 36.5. The molecule has 0 unspecified atom stereocenters. The Bertz CT molecular complexity index is 738. The summed E-state index contributed by atoms with van der Waals surface area (Å²) in [4.78, 5) is 20.6. The van der Waals surface area contributed by atoms with E-state index in [0.29, 0.717) is 17.1 Å². The first-order chi connectivity index (χ1) is 10.3. The lowest BCUT2D eigenvalue weighted by atomic mass is 9.75. The third-order valence-electron chi connectivity index (χ3n) is 5.51. The molecule has 5 atom stereocenters. The van der Waals surface area contributed by atoms with Gasteiger partial charge in [0.05, 0.1) is 5.03 Å². The molecule has 1 aliphatic heterocycles. The summed E-state index contributed by atoms with van der Waals surface area (Å²) in [6, 6.07) is 4.21. The van der Waals surface area contributed by atoms with Crippen molar-refractivity contribution in [2.45, 2.75) is 35.5 Å². The molecular formula is C16H16N2OS2. The molecule has 2 bridgehead atoms. The van der Waals surface area contributed by atoms with Crippen LogP contribution in [0.3, 0.4) is 0 Å². The Morgan fingerprint density at radius 2 is 2.19 bits per heavy atom. The zero-order valence-corrected chi connectivity index (χ0v) is 13.1. The molecule has 0 aromatic carbocycles. The van der Waals surface area contributed by atoms with Gasteiger partial charge in [-0.25, -0.2) is 0 Å². The molecule has 2 aliphatic carbocycles. The van der Waals surface area contributed by atoms with Gasteiger partial charge < -0.3 is 4.98 Å². The molecule has 3 nitrogen and oxygen atoms in total. The summed E-state index contributed by atoms with van der Waals surface area (Å²) in [7, 11) is 0. The molecule has 3 aliphatic rings. The van der Waals surface area contributed by atoms with E-state index >= 15 is 0 Å². The topological polar surface area (TPSA) is 45.8 Å². The quantitative estimate of drug-likeness (QED) is 0.876. The van der Waals surface area contributed by atoms with E-state index in [2.05, 4.69) is 16.0 Å². The van der Waals surface area contributed by atoms with E-state index in [9.17, 15) is 4.79 Å². The molecule has 2 aromatic rings. The lowest BCUT2D eigenvalue weighted by Gasteiger charge is -2.40. The number of fused-ring (bicyclic) bond motifs is 6. The van der Waals surface area contributed by atoms with Crippen LogP contribution < -0.4 is 4.87 Å². The summed E-state index contributed by atoms with van der Waals surface area (Å²) in [5, 5.41) is 1.82. The van der Waals surface area contributed by atoms with Gasteiger partial charge in [-0.15, -0.1) is 11.8 Å². The molecule has 0 saturated heterocycles. The van der Waals surface area contributed by atoms with Crippen molar-refractivity contribution in [1.82, 2.24) is 9.97 Å². The zero-order valence-electron chi connectivity index (χ0n) is 11.5. The van der Waals surface area contributed by atoms with E-state index in [1.807, 2.05) is 30.2 Å². The number of thioether (sulfide) groups is 1. The molecule has 2 aromatic heterocycles. The fourth-order valence-electron chi connectivity index (χ4n) is 4.78. The summed E-state index contributed by atoms with van der Waals surface area (Å²) in [5.41, 5.74) is 1.29. The van der Waals surface area contributed by atoms with E-state index in [-0.39, 0.29) is 4.87 Å². The number of nitrogens with zero attached hydrogens (tertiary/aromatic N) is 1. The van der Waals surface area contributed by atoms with E-state index in [0.717, 1.165) is 16.9 Å². The van der Waals surface area contributed by atoms with Crippen molar-refractivity contribution in [3.8, 4) is 0 Å². The number of H-pyrrole nitrogens is 1. The number of aromatic nitrogens is 2. The van der Waals surface area contributed by atoms with Crippen molar-refractivity contribution >= 4 is 23.1 Å². The lowest BCUT2D eigenvalue weighted by molar-refractivity contribution is 0.307. The lowest BCUT2D eigenvalue weighted by Crippen LogP contribution is -2.33. The minimum Gasteiger partial charge on any atom is -0.307 e. The Balaban J connectivity index is 1.70. The molecule has 0 radical (unpaired) electrons. The Labute approximate surface area is 131 Å². The summed E-state index contributed by atoms with van der Waals surface area (Å²) >= 11 is 3.35. The fraction of sp³-hybridized carbons (Fsp3) is 0.500. The predicted molar refractivity (Wildman–Crippen MR) is 85.0 cm³/mol. The van der Waals surface area contributed by atoms with Crippen molar-refractivity contribution in [2.24, 2.45) is 17.8 Å². The van der Waals surface area contributed by atoms with Gasteiger partial charge in [0, 0.05) is 28.4 Å². The SMILES string of the molecule is O=c1[nH]c2c(s1)[C@H](c1cccnc1)[C@@H]1[C@H]3CC[C@@H](C3)[C@H]1S2. The molecule has 0 spiro atoms. The highest BCUT2D eigenvalue weighted by molar-refractivity contribution is 8.00. The standard InChI is InChI=1S/C16H16N2OS2/c19-16-18-15-14(21-16)12(10-2-1-5-17-7-10)11-8-3-4-9(6-8)13(11)20-15/h1-2,5,7-9,11-13H,3-4,6H2,(H,18,19)/t8-,9-,11-,12+,13+/m0/s1. The molecule has 108 valence electrons. The molecule has 21 heavy (non-hydrogen) atoms. The van der Waals surface area contributed by atoms with Crippen molar-refractivity contribution in [3.05, 3.63) is 44.6 Å². The number of hydrogen-bond donors (Lipinski definition) is 1. The van der Waals surface area contributed by atoms with E-state index in [4.69, 9.17) is 0 Å². The number of rotatable bonds is 1. The predicted octanol–water partition coefficient (Wildman–Crippen LogP) is 3.48. The maximum absolute atomic E-state index is 11.9. The maximum Gasteiger partial charge on any atom is 0.305 e. The van der Waals surface area contributed by atoms with Crippen LogP contribution in [-0.4, -0.2) is 15.2 Å². The highest BCUT2D eigenvalue weighted by Gasteiger charge is 2.54. The van der Waals surface area contributed by atoms with Gasteiger partial charge in [0.2, 0.25) is 0 Å². The Morgan fingerprint density at radius 3 is 3.05 bits per heavy atom. The van der Waals surface area contributed by atoms with Crippen molar-refractivity contribution in [3.63, 3.8) is 0 Å². The average molecular weight is 316 g/mol. The van der Waals surface area contributed by atoms with Gasteiger partial charge in [0.15, 0.2) is 0 Å². The van der Waals surface area contributed by atoms with E-state index in [1.54, 1.807) is 0 Å². The second-order valence-corrected chi connectivity index (χ2v) is 8.67. The van der Waals surface area contributed by atoms with Crippen molar-refractivity contribution in [2.75, 3.05) is 0 Å². The number of thiazole rings is 1. The number of nitrogens with one attached hydrogen (secondary N) is 1. The number of hydrogen-bond acceptors (Lipinski definition) is 4. The molecule has 2 saturated carbocycles. The van der Waals surface area contributed by atoms with Crippen LogP contribution in [0.25, 0.3) is 0 Å². The largest absolute Gasteiger partial charge is 0.307 e. The Hall–Kier alpha value is -1.07. The van der Waals surface area contributed by atoms with Crippen LogP contribution in [0.5, 0.6) is 0 Å². The second-order valence-electron chi connectivity index (χ2n) is 6.46. The first-order valence-electron chi connectivity index (χ1n) is 7.61. The first-order valence-corrected chi connectivity index (χ1v) is 9.30. The first kappa shape index (κ1) is 12.5. The summed E-state index contributed by atoms with van der Waals surface area (Å²) in [5.74, 6) is 2.75. The van der Waals surface area contributed by atoms with Gasteiger partial charge >= 0.3 is 4.87 Å². The molecular weight excluding hydrogens is 300 g/mol. The van der Waals surface area contributed by atoms with E-state index in [1.165, 1.54) is 41.0 Å². The minimum absolute atomic E-state index is 0.0914. The van der Waals surface area contributed by atoms with Gasteiger partial charge in [-0.1, -0.05) is 17.4 Å². The average Bonchev–Trinajstić information content (AvgIpc) is 3.18. The van der Waals surface area contributed by atoms with E-state index < -0.39 is 0 Å². The van der Waals surface area contributed by atoms with Crippen LogP contribution in [-0.2, 0) is 0 Å². The summed E-state index contributed by atoms with van der Waals surface area (Å²) in [6.07, 6.45) is 7.97. The van der Waals surface area contributed by atoms with Crippen LogP contribution >= 0.6 is 23.1 Å². The second kappa shape index (κ2) is 4.46. The Kier molecular flexibility index (Phi) is 2.65. The van der Waals surface area contributed by atoms with Gasteiger partial charge in [0.1, 0.15) is 0 Å². The van der Waals surface area contributed by atoms with Crippen LogP contribution in [0.2, 0.25) is 0 Å². The zero-order chi connectivity index (χ0) is 14.0. The summed E-state index contributed by atoms with van der Waals surface area (Å²) in [6.45, 7) is 0. The minimum atomic E-state index is 0.0914. The van der Waals surface area contributed by atoms with Crippen molar-refractivity contribution < 1.29 is 0 Å². The van der Waals surface area contributed by atoms with Crippen LogP contribution in [0.4, 0.5) is 0 Å². The third kappa shape index (κ3) is 1.73. The molecule has 5 heteroatoms. The highest BCUT2D eigenvalue weighted by Crippen LogP contribution is 2.63. The van der Waals surface area contributed by atoms with Gasteiger partial charge in [0.25, 0.3) is 0 Å². The number of aromatic amines is 1. The smallest absolute Gasteiger partial charge is 0.305 e. The van der Waals surface area contributed by atoms with Crippen LogP contribution in [0.15, 0.2) is 34.3 Å². The Morgan fingerprint density at radius 1 is 1.29 bits per heavy atom. The summed E-state index contributed by atoms with van der Waals surface area (Å²) < 4.78 is 0. The molecule has 3 heterocycles. The monoisotopic (exact) mass is 316 g/mol. The van der Waals surface area contributed by atoms with Gasteiger partial charge in [-0.3, -0.25) is 9.78 Å². The fourth-order valence-corrected chi connectivity index (χ4v) is 7.68. The van der Waals surface area contributed by atoms with Crippen LogP contribution in [0.1, 0.15) is 35.6 Å². The number of pyridine rings is 1. The van der Waals surface area contributed by atoms with Gasteiger partial charge in [-0.05, 0) is 48.6 Å². The highest BCUT2D eigenvalue weighted by atomic mass is 32.2. The maximum atomic E-state index is 11.9. The molecule has 1 N–H and O–H groups in total. The van der Waals surface area contributed by atoms with Crippen LogP contribution in [0, 0.1) is 17.8 Å². The van der Waals surface area contributed by atoms with Gasteiger partial charge in [-0.2, -0.15) is 0 Å². The third-order valence-corrected chi connectivity index (χ3v) is 8.13. The molecule has 0 amide bonds. The molecule has 5 rings (SSSR count). The molecule has 2 fully saturated rings.